The van der Waals surface area contributed by atoms with Crippen LogP contribution < -0.4 is 10.2 Å². The summed E-state index contributed by atoms with van der Waals surface area (Å²) in [6, 6.07) is 0.511. The van der Waals surface area contributed by atoms with E-state index in [0.29, 0.717) is 18.3 Å². The Balaban J connectivity index is 1.33. The number of aromatic nitrogens is 3. The van der Waals surface area contributed by atoms with E-state index >= 15 is 0 Å². The van der Waals surface area contributed by atoms with Crippen LogP contribution in [0.1, 0.15) is 51.5 Å². The molecule has 1 aliphatic carbocycles. The third kappa shape index (κ3) is 4.34. The van der Waals surface area contributed by atoms with Crippen LogP contribution in [-0.2, 0) is 9.53 Å². The molecule has 1 aromatic rings. The number of nitrogens with one attached hydrogen (secondary N) is 1. The predicted octanol–water partition coefficient (Wildman–Crippen LogP) is 2.24. The smallest absolute Gasteiger partial charge is 0.230 e. The largest absolute Gasteiger partial charge is 0.376 e. The van der Waals surface area contributed by atoms with Crippen molar-refractivity contribution in [2.45, 2.75) is 62.8 Å². The molecule has 26 heavy (non-hydrogen) atoms. The van der Waals surface area contributed by atoms with Gasteiger partial charge in [0, 0.05) is 32.3 Å². The zero-order chi connectivity index (χ0) is 17.9. The second kappa shape index (κ2) is 8.17. The maximum atomic E-state index is 12.2. The van der Waals surface area contributed by atoms with E-state index < -0.39 is 0 Å². The van der Waals surface area contributed by atoms with E-state index in [9.17, 15) is 4.79 Å². The predicted molar refractivity (Wildman–Crippen MR) is 102 cm³/mol. The van der Waals surface area contributed by atoms with Crippen molar-refractivity contribution in [2.24, 2.45) is 5.92 Å². The zero-order valence-electron chi connectivity index (χ0n) is 15.5. The van der Waals surface area contributed by atoms with Gasteiger partial charge in [-0.05, 0) is 44.4 Å². The van der Waals surface area contributed by atoms with Crippen LogP contribution >= 0.6 is 11.8 Å². The normalized spacial score (nSPS) is 24.2. The van der Waals surface area contributed by atoms with Crippen molar-refractivity contribution in [3.63, 3.8) is 0 Å². The topological polar surface area (TPSA) is 72.3 Å². The molecule has 0 aromatic carbocycles. The number of hydrogen-bond acceptors (Lipinski definition) is 6. The highest BCUT2D eigenvalue weighted by Crippen LogP contribution is 2.41. The third-order valence-electron chi connectivity index (χ3n) is 5.51. The molecule has 1 saturated carbocycles. The lowest BCUT2D eigenvalue weighted by atomic mass is 10.00. The van der Waals surface area contributed by atoms with Crippen molar-refractivity contribution in [2.75, 3.05) is 36.9 Å². The lowest BCUT2D eigenvalue weighted by Crippen LogP contribution is -2.35. The Morgan fingerprint density at radius 3 is 2.73 bits per heavy atom. The van der Waals surface area contributed by atoms with Gasteiger partial charge >= 0.3 is 0 Å². The molecule has 1 unspecified atom stereocenters. The van der Waals surface area contributed by atoms with Crippen LogP contribution in [0.4, 0.5) is 5.95 Å². The maximum absolute atomic E-state index is 12.2. The average molecular weight is 380 g/mol. The molecule has 2 saturated heterocycles. The van der Waals surface area contributed by atoms with Gasteiger partial charge in [0.1, 0.15) is 0 Å². The Morgan fingerprint density at radius 2 is 2.04 bits per heavy atom. The molecule has 3 fully saturated rings. The van der Waals surface area contributed by atoms with Crippen LogP contribution in [0.3, 0.4) is 0 Å². The molecule has 144 valence electrons. The molecule has 8 heteroatoms. The summed E-state index contributed by atoms with van der Waals surface area (Å²) in [4.78, 5) is 14.5. The van der Waals surface area contributed by atoms with Crippen LogP contribution in [0.25, 0.3) is 0 Å². The van der Waals surface area contributed by atoms with Crippen LogP contribution in [0, 0.1) is 5.92 Å². The van der Waals surface area contributed by atoms with Crippen molar-refractivity contribution in [3.8, 4) is 0 Å². The SMILES string of the molecule is CC1CCN(c2nnc(SCC(=O)NCC3CCCO3)n2C2CC2)CC1. The summed E-state index contributed by atoms with van der Waals surface area (Å²) in [6.07, 6.45) is 7.13. The summed E-state index contributed by atoms with van der Waals surface area (Å²) in [6.45, 7) is 5.86. The van der Waals surface area contributed by atoms with Crippen LogP contribution in [0.15, 0.2) is 5.16 Å². The third-order valence-corrected chi connectivity index (χ3v) is 6.45. The number of anilines is 1. The van der Waals surface area contributed by atoms with Gasteiger partial charge in [0.15, 0.2) is 5.16 Å². The standard InChI is InChI=1S/C18H29N5O2S/c1-13-6-8-22(9-7-13)17-20-21-18(23(17)14-4-5-14)26-12-16(24)19-11-15-3-2-10-25-15/h13-15H,2-12H2,1H3,(H,19,24). The van der Waals surface area contributed by atoms with Crippen molar-refractivity contribution in [1.29, 1.82) is 0 Å². The van der Waals surface area contributed by atoms with Crippen molar-refractivity contribution < 1.29 is 9.53 Å². The summed E-state index contributed by atoms with van der Waals surface area (Å²) < 4.78 is 7.82. The first-order chi connectivity index (χ1) is 12.7. The molecule has 7 nitrogen and oxygen atoms in total. The monoisotopic (exact) mass is 379 g/mol. The number of carbonyl (C=O) groups is 1. The molecular weight excluding hydrogens is 350 g/mol. The van der Waals surface area contributed by atoms with Gasteiger partial charge in [-0.1, -0.05) is 18.7 Å². The van der Waals surface area contributed by atoms with Gasteiger partial charge in [-0.25, -0.2) is 0 Å². The fourth-order valence-corrected chi connectivity index (χ4v) is 4.49. The van der Waals surface area contributed by atoms with Crippen LogP contribution in [0.5, 0.6) is 0 Å². The Hall–Kier alpha value is -1.28. The van der Waals surface area contributed by atoms with E-state index in [4.69, 9.17) is 4.74 Å². The molecule has 1 N–H and O–H groups in total. The number of rotatable bonds is 7. The lowest BCUT2D eigenvalue weighted by Gasteiger charge is -2.31. The highest BCUT2D eigenvalue weighted by Gasteiger charge is 2.32. The Morgan fingerprint density at radius 1 is 1.23 bits per heavy atom. The van der Waals surface area contributed by atoms with Crippen LogP contribution in [0.2, 0.25) is 0 Å². The first kappa shape index (κ1) is 18.1. The van der Waals surface area contributed by atoms with Gasteiger partial charge < -0.3 is 15.0 Å². The van der Waals surface area contributed by atoms with E-state index in [1.807, 2.05) is 0 Å². The van der Waals surface area contributed by atoms with E-state index in [1.54, 1.807) is 0 Å². The first-order valence-electron chi connectivity index (χ1n) is 9.91. The van der Waals surface area contributed by atoms with Gasteiger partial charge in [-0.15, -0.1) is 10.2 Å². The Labute approximate surface area is 159 Å². The minimum atomic E-state index is 0.0456. The fraction of sp³-hybridized carbons (Fsp3) is 0.833. The second-order valence-electron chi connectivity index (χ2n) is 7.78. The highest BCUT2D eigenvalue weighted by atomic mass is 32.2. The molecule has 1 aromatic heterocycles. The quantitative estimate of drug-likeness (QED) is 0.733. The summed E-state index contributed by atoms with van der Waals surface area (Å²) in [7, 11) is 0. The molecule has 0 radical (unpaired) electrons. The first-order valence-corrected chi connectivity index (χ1v) is 10.9. The average Bonchev–Trinajstić information content (AvgIpc) is 3.18. The molecular formula is C18H29N5O2S. The summed E-state index contributed by atoms with van der Waals surface area (Å²) in [5.41, 5.74) is 0. The maximum Gasteiger partial charge on any atom is 0.230 e. The van der Waals surface area contributed by atoms with E-state index in [2.05, 4.69) is 31.9 Å². The molecule has 0 spiro atoms. The van der Waals surface area contributed by atoms with E-state index in [0.717, 1.165) is 49.6 Å². The minimum absolute atomic E-state index is 0.0456. The molecule has 4 rings (SSSR count). The van der Waals surface area contributed by atoms with E-state index in [-0.39, 0.29) is 12.0 Å². The number of ether oxygens (including phenoxy) is 1. The molecule has 3 aliphatic rings. The number of amides is 1. The second-order valence-corrected chi connectivity index (χ2v) is 8.72. The molecule has 0 bridgehead atoms. The van der Waals surface area contributed by atoms with Gasteiger partial charge in [-0.3, -0.25) is 9.36 Å². The minimum Gasteiger partial charge on any atom is -0.376 e. The fourth-order valence-electron chi connectivity index (χ4n) is 3.66. The van der Waals surface area contributed by atoms with E-state index in [1.165, 1.54) is 37.4 Å². The van der Waals surface area contributed by atoms with Crippen LogP contribution in [-0.4, -0.2) is 58.8 Å². The lowest BCUT2D eigenvalue weighted by molar-refractivity contribution is -0.119. The summed E-state index contributed by atoms with van der Waals surface area (Å²) in [5.74, 6) is 2.23. The number of nitrogens with zero attached hydrogens (tertiary/aromatic N) is 4. The van der Waals surface area contributed by atoms with Crippen molar-refractivity contribution >= 4 is 23.6 Å². The highest BCUT2D eigenvalue weighted by molar-refractivity contribution is 7.99. The Kier molecular flexibility index (Phi) is 5.69. The molecule has 3 heterocycles. The number of carbonyl (C=O) groups excluding carboxylic acids is 1. The van der Waals surface area contributed by atoms with Gasteiger partial charge in [-0.2, -0.15) is 0 Å². The molecule has 2 aliphatic heterocycles. The number of hydrogen-bond donors (Lipinski definition) is 1. The van der Waals surface area contributed by atoms with Crippen molar-refractivity contribution in [3.05, 3.63) is 0 Å². The van der Waals surface area contributed by atoms with Crippen molar-refractivity contribution in [1.82, 2.24) is 20.1 Å². The molecule has 1 amide bonds. The zero-order valence-corrected chi connectivity index (χ0v) is 16.3. The summed E-state index contributed by atoms with van der Waals surface area (Å²) in [5, 5.41) is 12.8. The Bertz CT molecular complexity index is 619. The van der Waals surface area contributed by atoms with Gasteiger partial charge in [0.2, 0.25) is 11.9 Å². The van der Waals surface area contributed by atoms with Gasteiger partial charge in [0.05, 0.1) is 11.9 Å². The molecule has 1 atom stereocenters. The number of thioether (sulfide) groups is 1. The summed E-state index contributed by atoms with van der Waals surface area (Å²) >= 11 is 1.50. The van der Waals surface area contributed by atoms with Gasteiger partial charge in [0.25, 0.3) is 0 Å². The number of piperidine rings is 1.